The molecule has 0 aliphatic carbocycles. The number of halogens is 1. The summed E-state index contributed by atoms with van der Waals surface area (Å²) in [6.45, 7) is 8.23. The van der Waals surface area contributed by atoms with Crippen molar-refractivity contribution in [1.82, 2.24) is 19.4 Å². The summed E-state index contributed by atoms with van der Waals surface area (Å²) < 4.78 is 16.9. The van der Waals surface area contributed by atoms with Gasteiger partial charge in [-0.1, -0.05) is 12.1 Å². The largest absolute Gasteiger partial charge is 0.339 e. The Labute approximate surface area is 177 Å². The van der Waals surface area contributed by atoms with Crippen molar-refractivity contribution >= 4 is 16.9 Å². The van der Waals surface area contributed by atoms with Crippen molar-refractivity contribution in [3.05, 3.63) is 59.7 Å². The highest BCUT2D eigenvalue weighted by molar-refractivity contribution is 5.94. The zero-order chi connectivity index (χ0) is 21.4. The van der Waals surface area contributed by atoms with E-state index >= 15 is 4.39 Å². The highest BCUT2D eigenvalue weighted by atomic mass is 19.1. The Bertz CT molecular complexity index is 1070. The molecule has 1 saturated heterocycles. The van der Waals surface area contributed by atoms with Crippen molar-refractivity contribution in [2.24, 2.45) is 0 Å². The Balaban J connectivity index is 1.56. The van der Waals surface area contributed by atoms with E-state index in [1.54, 1.807) is 21.6 Å². The Kier molecular flexibility index (Phi) is 5.60. The van der Waals surface area contributed by atoms with Gasteiger partial charge in [0.15, 0.2) is 0 Å². The van der Waals surface area contributed by atoms with Gasteiger partial charge in [0.05, 0.1) is 16.7 Å². The van der Waals surface area contributed by atoms with Crippen LogP contribution in [-0.2, 0) is 0 Å². The molecule has 2 heterocycles. The fourth-order valence-corrected chi connectivity index (χ4v) is 4.43. The second-order valence-electron chi connectivity index (χ2n) is 8.43. The fraction of sp³-hybridized carbons (Fsp3) is 0.417. The van der Waals surface area contributed by atoms with E-state index < -0.39 is 5.82 Å². The molecule has 1 aliphatic heterocycles. The number of aryl methyl sites for hydroxylation is 1. The van der Waals surface area contributed by atoms with Crippen molar-refractivity contribution in [2.45, 2.75) is 45.7 Å². The van der Waals surface area contributed by atoms with E-state index in [2.05, 4.69) is 23.7 Å². The standard InChI is InChI=1S/C24H29FN4O/c1-16(2)28-13-11-19(12-14-28)27(4)24(30)18-9-10-22(20(25)15-18)29-17(3)26-21-7-5-6-8-23(21)29/h5-10,15-16,19H,11-14H2,1-4H3. The van der Waals surface area contributed by atoms with E-state index in [4.69, 9.17) is 0 Å². The number of amides is 1. The third kappa shape index (κ3) is 3.72. The monoisotopic (exact) mass is 408 g/mol. The molecule has 0 unspecified atom stereocenters. The van der Waals surface area contributed by atoms with Crippen LogP contribution in [0.15, 0.2) is 42.5 Å². The zero-order valence-electron chi connectivity index (χ0n) is 18.1. The quantitative estimate of drug-likeness (QED) is 0.642. The third-order valence-corrected chi connectivity index (χ3v) is 6.26. The van der Waals surface area contributed by atoms with Crippen LogP contribution in [0.1, 0.15) is 42.9 Å². The molecule has 1 amide bonds. The molecule has 3 aromatic rings. The van der Waals surface area contributed by atoms with Crippen LogP contribution < -0.4 is 0 Å². The Morgan fingerprint density at radius 2 is 1.87 bits per heavy atom. The lowest BCUT2D eigenvalue weighted by molar-refractivity contribution is 0.0615. The van der Waals surface area contributed by atoms with E-state index in [1.807, 2.05) is 38.2 Å². The number of carbonyl (C=O) groups excluding carboxylic acids is 1. The smallest absolute Gasteiger partial charge is 0.253 e. The molecule has 6 heteroatoms. The SMILES string of the molecule is Cc1nc2ccccc2n1-c1ccc(C(=O)N(C)C2CCN(C(C)C)CC2)cc1F. The van der Waals surface area contributed by atoms with Crippen LogP contribution in [0.2, 0.25) is 0 Å². The van der Waals surface area contributed by atoms with E-state index in [9.17, 15) is 4.79 Å². The van der Waals surface area contributed by atoms with Gasteiger partial charge in [-0.05, 0) is 63.9 Å². The molecule has 1 aromatic heterocycles. The molecular weight excluding hydrogens is 379 g/mol. The average Bonchev–Trinajstić information content (AvgIpc) is 3.08. The van der Waals surface area contributed by atoms with Crippen molar-refractivity contribution in [2.75, 3.05) is 20.1 Å². The van der Waals surface area contributed by atoms with Gasteiger partial charge in [-0.25, -0.2) is 9.37 Å². The van der Waals surface area contributed by atoms with Gasteiger partial charge in [-0.15, -0.1) is 0 Å². The van der Waals surface area contributed by atoms with E-state index in [-0.39, 0.29) is 11.9 Å². The Morgan fingerprint density at radius 1 is 1.17 bits per heavy atom. The molecule has 0 N–H and O–H groups in total. The lowest BCUT2D eigenvalue weighted by Crippen LogP contribution is -2.47. The normalized spacial score (nSPS) is 15.8. The molecule has 0 atom stereocenters. The minimum atomic E-state index is -0.421. The van der Waals surface area contributed by atoms with E-state index in [0.29, 0.717) is 23.1 Å². The summed E-state index contributed by atoms with van der Waals surface area (Å²) in [5.74, 6) is 0.161. The Hall–Kier alpha value is -2.73. The van der Waals surface area contributed by atoms with Crippen molar-refractivity contribution in [1.29, 1.82) is 0 Å². The second-order valence-corrected chi connectivity index (χ2v) is 8.43. The van der Waals surface area contributed by atoms with E-state index in [1.165, 1.54) is 6.07 Å². The molecular formula is C24H29FN4O. The lowest BCUT2D eigenvalue weighted by Gasteiger charge is -2.38. The minimum absolute atomic E-state index is 0.129. The van der Waals surface area contributed by atoms with Gasteiger partial charge >= 0.3 is 0 Å². The summed E-state index contributed by atoms with van der Waals surface area (Å²) in [6, 6.07) is 13.1. The number of carbonyl (C=O) groups is 1. The van der Waals surface area contributed by atoms with Crippen LogP contribution in [0.5, 0.6) is 0 Å². The molecule has 158 valence electrons. The Morgan fingerprint density at radius 3 is 2.53 bits per heavy atom. The number of piperidine rings is 1. The van der Waals surface area contributed by atoms with Crippen LogP contribution in [-0.4, -0.2) is 57.5 Å². The molecule has 5 nitrogen and oxygen atoms in total. The molecule has 0 spiro atoms. The molecule has 2 aromatic carbocycles. The van der Waals surface area contributed by atoms with Crippen LogP contribution >= 0.6 is 0 Å². The lowest BCUT2D eigenvalue weighted by atomic mass is 10.0. The zero-order valence-corrected chi connectivity index (χ0v) is 18.1. The van der Waals surface area contributed by atoms with Gasteiger partial charge in [0.25, 0.3) is 5.91 Å². The summed E-state index contributed by atoms with van der Waals surface area (Å²) in [5.41, 5.74) is 2.46. The third-order valence-electron chi connectivity index (χ3n) is 6.26. The minimum Gasteiger partial charge on any atom is -0.339 e. The van der Waals surface area contributed by atoms with Gasteiger partial charge in [-0.2, -0.15) is 0 Å². The molecule has 1 fully saturated rings. The summed E-state index contributed by atoms with van der Waals surface area (Å²) in [4.78, 5) is 21.7. The molecule has 0 saturated carbocycles. The summed E-state index contributed by atoms with van der Waals surface area (Å²) >= 11 is 0. The average molecular weight is 409 g/mol. The number of para-hydroxylation sites is 2. The maximum atomic E-state index is 15.1. The first-order chi connectivity index (χ1) is 14.4. The number of likely N-dealkylation sites (tertiary alicyclic amines) is 1. The number of hydrogen-bond donors (Lipinski definition) is 0. The number of nitrogens with zero attached hydrogens (tertiary/aromatic N) is 4. The topological polar surface area (TPSA) is 41.4 Å². The maximum Gasteiger partial charge on any atom is 0.253 e. The highest BCUT2D eigenvalue weighted by Crippen LogP contribution is 2.25. The summed E-state index contributed by atoms with van der Waals surface area (Å²) in [7, 11) is 1.83. The first-order valence-corrected chi connectivity index (χ1v) is 10.6. The summed E-state index contributed by atoms with van der Waals surface area (Å²) in [5, 5.41) is 0. The molecule has 0 bridgehead atoms. The van der Waals surface area contributed by atoms with Gasteiger partial charge < -0.3 is 9.80 Å². The predicted molar refractivity (Wildman–Crippen MR) is 118 cm³/mol. The van der Waals surface area contributed by atoms with Crippen LogP contribution in [0.25, 0.3) is 16.7 Å². The van der Waals surface area contributed by atoms with Crippen molar-refractivity contribution in [3.63, 3.8) is 0 Å². The number of fused-ring (bicyclic) bond motifs is 1. The predicted octanol–water partition coefficient (Wildman–Crippen LogP) is 4.42. The molecule has 4 rings (SSSR count). The van der Waals surface area contributed by atoms with Crippen LogP contribution in [0, 0.1) is 12.7 Å². The van der Waals surface area contributed by atoms with Gasteiger partial charge in [0.2, 0.25) is 0 Å². The van der Waals surface area contributed by atoms with Crippen molar-refractivity contribution < 1.29 is 9.18 Å². The van der Waals surface area contributed by atoms with Gasteiger partial charge in [0.1, 0.15) is 11.6 Å². The van der Waals surface area contributed by atoms with Gasteiger partial charge in [0, 0.05) is 37.8 Å². The first-order valence-electron chi connectivity index (χ1n) is 10.6. The number of aromatic nitrogens is 2. The number of rotatable bonds is 4. The number of benzene rings is 2. The summed E-state index contributed by atoms with van der Waals surface area (Å²) in [6.07, 6.45) is 1.89. The molecule has 0 radical (unpaired) electrons. The van der Waals surface area contributed by atoms with E-state index in [0.717, 1.165) is 37.0 Å². The number of hydrogen-bond acceptors (Lipinski definition) is 3. The molecule has 1 aliphatic rings. The van der Waals surface area contributed by atoms with Crippen LogP contribution in [0.4, 0.5) is 4.39 Å². The van der Waals surface area contributed by atoms with Crippen molar-refractivity contribution in [3.8, 4) is 5.69 Å². The number of imidazole rings is 1. The van der Waals surface area contributed by atoms with Gasteiger partial charge in [-0.3, -0.25) is 9.36 Å². The highest BCUT2D eigenvalue weighted by Gasteiger charge is 2.27. The first kappa shape index (κ1) is 20.5. The maximum absolute atomic E-state index is 15.1. The van der Waals surface area contributed by atoms with Crippen LogP contribution in [0.3, 0.4) is 0 Å². The second kappa shape index (κ2) is 8.19. The molecule has 30 heavy (non-hydrogen) atoms. The fourth-order valence-electron chi connectivity index (χ4n) is 4.43.